The minimum absolute atomic E-state index is 0.0395. The van der Waals surface area contributed by atoms with Crippen LogP contribution in [0.3, 0.4) is 0 Å². The summed E-state index contributed by atoms with van der Waals surface area (Å²) >= 11 is 7.79. The van der Waals surface area contributed by atoms with Gasteiger partial charge >= 0.3 is 0 Å². The van der Waals surface area contributed by atoms with Crippen molar-refractivity contribution in [1.29, 1.82) is 5.26 Å². The minimum atomic E-state index is -0.553. The molecule has 4 nitrogen and oxygen atoms in total. The molecule has 0 amide bonds. The second kappa shape index (κ2) is 10.8. The summed E-state index contributed by atoms with van der Waals surface area (Å²) in [7, 11) is 0. The average molecular weight is 572 g/mol. The number of thioether (sulfide) groups is 1. The van der Waals surface area contributed by atoms with Crippen LogP contribution in [0.25, 0.3) is 0 Å². The Labute approximate surface area is 244 Å². The second-order valence-electron chi connectivity index (χ2n) is 11.3. The number of rotatable bonds is 5. The van der Waals surface area contributed by atoms with Crippen molar-refractivity contribution >= 4 is 34.8 Å². The standard InChI is InChI=1S/C33H31ClFN3OS/c1-19-13-20(2)26(14-21(19)18-40-25-11-7-23(35)8-12-25)30-27(17-36)32(37)38(24-9-5-22(34)6-10-24)28-15-33(3,4)16-29(39)31(28)30/h5-14,30H,15-16,18,37H2,1-4H3. The van der Waals surface area contributed by atoms with Crippen LogP contribution >= 0.6 is 23.4 Å². The molecule has 0 saturated carbocycles. The van der Waals surface area contributed by atoms with Gasteiger partial charge in [-0.1, -0.05) is 37.6 Å². The number of hydrogen-bond acceptors (Lipinski definition) is 5. The lowest BCUT2D eigenvalue weighted by molar-refractivity contribution is -0.118. The lowest BCUT2D eigenvalue weighted by atomic mass is 9.68. The van der Waals surface area contributed by atoms with Gasteiger partial charge in [0.25, 0.3) is 0 Å². The van der Waals surface area contributed by atoms with Crippen molar-refractivity contribution in [1.82, 2.24) is 0 Å². The minimum Gasteiger partial charge on any atom is -0.384 e. The van der Waals surface area contributed by atoms with Crippen LogP contribution in [-0.4, -0.2) is 5.78 Å². The largest absolute Gasteiger partial charge is 0.384 e. The number of nitrogens with zero attached hydrogens (tertiary/aromatic N) is 2. The zero-order valence-electron chi connectivity index (χ0n) is 23.0. The third kappa shape index (κ3) is 5.29. The molecular formula is C33H31ClFN3OS. The number of halogens is 2. The maximum absolute atomic E-state index is 13.9. The van der Waals surface area contributed by atoms with E-state index in [2.05, 4.69) is 39.0 Å². The normalized spacial score (nSPS) is 18.6. The first-order valence-electron chi connectivity index (χ1n) is 13.2. The molecule has 204 valence electrons. The van der Waals surface area contributed by atoms with Crippen molar-refractivity contribution in [3.63, 3.8) is 0 Å². The van der Waals surface area contributed by atoms with Crippen LogP contribution in [-0.2, 0) is 10.5 Å². The molecule has 0 aromatic heterocycles. The molecule has 1 unspecified atom stereocenters. The van der Waals surface area contributed by atoms with E-state index in [9.17, 15) is 14.4 Å². The number of carbonyl (C=O) groups excluding carboxylic acids is 1. The maximum Gasteiger partial charge on any atom is 0.162 e. The monoisotopic (exact) mass is 571 g/mol. The molecule has 3 aromatic carbocycles. The lowest BCUT2D eigenvalue weighted by Crippen LogP contribution is -2.42. The van der Waals surface area contributed by atoms with Crippen LogP contribution in [0, 0.1) is 36.4 Å². The van der Waals surface area contributed by atoms with Crippen molar-refractivity contribution in [2.75, 3.05) is 4.90 Å². The molecule has 40 heavy (non-hydrogen) atoms. The molecule has 0 bridgehead atoms. The predicted molar refractivity (Wildman–Crippen MR) is 160 cm³/mol. The van der Waals surface area contributed by atoms with E-state index in [1.54, 1.807) is 36.0 Å². The van der Waals surface area contributed by atoms with E-state index in [0.717, 1.165) is 38.5 Å². The number of ketones is 1. The zero-order valence-corrected chi connectivity index (χ0v) is 24.6. The summed E-state index contributed by atoms with van der Waals surface area (Å²) in [5.41, 5.74) is 13.3. The van der Waals surface area contributed by atoms with Crippen molar-refractivity contribution < 1.29 is 9.18 Å². The fourth-order valence-electron chi connectivity index (χ4n) is 5.78. The van der Waals surface area contributed by atoms with Crippen LogP contribution in [0.2, 0.25) is 5.02 Å². The molecule has 2 N–H and O–H groups in total. The number of aryl methyl sites for hydroxylation is 2. The average Bonchev–Trinajstić information content (AvgIpc) is 2.89. The fraction of sp³-hybridized carbons (Fsp3) is 0.273. The van der Waals surface area contributed by atoms with Gasteiger partial charge in [-0.05, 0) is 96.5 Å². The molecule has 7 heteroatoms. The van der Waals surface area contributed by atoms with E-state index in [4.69, 9.17) is 17.3 Å². The van der Waals surface area contributed by atoms with Gasteiger partial charge in [0, 0.05) is 39.0 Å². The Kier molecular flexibility index (Phi) is 7.56. The molecule has 0 saturated heterocycles. The van der Waals surface area contributed by atoms with Crippen molar-refractivity contribution in [2.24, 2.45) is 11.1 Å². The smallest absolute Gasteiger partial charge is 0.162 e. The number of benzene rings is 3. The summed E-state index contributed by atoms with van der Waals surface area (Å²) in [4.78, 5) is 16.8. The zero-order chi connectivity index (χ0) is 28.8. The van der Waals surface area contributed by atoms with Crippen LogP contribution in [0.15, 0.2) is 88.2 Å². The number of hydrogen-bond donors (Lipinski definition) is 1. The highest BCUT2D eigenvalue weighted by atomic mass is 35.5. The molecule has 0 spiro atoms. The lowest BCUT2D eigenvalue weighted by Gasteiger charge is -2.44. The Bertz CT molecular complexity index is 1600. The summed E-state index contributed by atoms with van der Waals surface area (Å²) in [5, 5.41) is 11.1. The molecule has 1 aliphatic carbocycles. The molecule has 5 rings (SSSR count). The first kappa shape index (κ1) is 28.0. The molecule has 1 atom stereocenters. The number of allylic oxidation sites excluding steroid dienone is 3. The van der Waals surface area contributed by atoms with Crippen LogP contribution in [0.5, 0.6) is 0 Å². The number of nitriles is 1. The third-order valence-corrected chi connectivity index (χ3v) is 9.02. The van der Waals surface area contributed by atoms with E-state index >= 15 is 0 Å². The molecule has 3 aromatic rings. The van der Waals surface area contributed by atoms with Crippen LogP contribution in [0.4, 0.5) is 10.1 Å². The number of carbonyl (C=O) groups is 1. The Morgan fingerprint density at radius 3 is 2.40 bits per heavy atom. The van der Waals surface area contributed by atoms with E-state index in [1.165, 1.54) is 12.1 Å². The Morgan fingerprint density at radius 2 is 1.75 bits per heavy atom. The van der Waals surface area contributed by atoms with Gasteiger partial charge in [0.2, 0.25) is 0 Å². The van der Waals surface area contributed by atoms with Gasteiger partial charge in [0.15, 0.2) is 5.78 Å². The number of nitrogens with two attached hydrogens (primary N) is 1. The van der Waals surface area contributed by atoms with E-state index in [1.807, 2.05) is 24.0 Å². The van der Waals surface area contributed by atoms with Crippen molar-refractivity contribution in [3.05, 3.63) is 116 Å². The number of Topliss-reactive ketones (excluding diaryl/α,β-unsaturated/α-hetero) is 1. The van der Waals surface area contributed by atoms with E-state index in [-0.39, 0.29) is 17.0 Å². The van der Waals surface area contributed by atoms with Crippen molar-refractivity contribution in [2.45, 2.75) is 57.1 Å². The summed E-state index contributed by atoms with van der Waals surface area (Å²) in [5.74, 6) is 0.227. The SMILES string of the molecule is Cc1cc(C)c(C2C(C#N)=C(N)N(c3ccc(Cl)cc3)C3=C2C(=O)CC(C)(C)C3)cc1CSc1ccc(F)cc1. The molecular weight excluding hydrogens is 541 g/mol. The Morgan fingerprint density at radius 1 is 1.07 bits per heavy atom. The van der Waals surface area contributed by atoms with E-state index in [0.29, 0.717) is 40.6 Å². The van der Waals surface area contributed by atoms with Gasteiger partial charge in [-0.15, -0.1) is 11.8 Å². The third-order valence-electron chi connectivity index (χ3n) is 7.71. The molecule has 0 fully saturated rings. The highest BCUT2D eigenvalue weighted by Gasteiger charge is 2.45. The first-order valence-corrected chi connectivity index (χ1v) is 14.6. The summed E-state index contributed by atoms with van der Waals surface area (Å²) in [6.45, 7) is 8.26. The van der Waals surface area contributed by atoms with Crippen LogP contribution in [0.1, 0.15) is 54.9 Å². The molecule has 0 radical (unpaired) electrons. The van der Waals surface area contributed by atoms with Gasteiger partial charge in [-0.2, -0.15) is 5.26 Å². The highest BCUT2D eigenvalue weighted by Crippen LogP contribution is 2.51. The van der Waals surface area contributed by atoms with Crippen LogP contribution < -0.4 is 10.6 Å². The summed E-state index contributed by atoms with van der Waals surface area (Å²) < 4.78 is 13.4. The summed E-state index contributed by atoms with van der Waals surface area (Å²) in [6, 6.07) is 20.4. The van der Waals surface area contributed by atoms with Gasteiger partial charge in [-0.3, -0.25) is 9.69 Å². The maximum atomic E-state index is 13.9. The van der Waals surface area contributed by atoms with Gasteiger partial charge < -0.3 is 5.73 Å². The topological polar surface area (TPSA) is 70.1 Å². The fourth-order valence-corrected chi connectivity index (χ4v) is 6.87. The second-order valence-corrected chi connectivity index (χ2v) is 12.8. The molecule has 1 aliphatic heterocycles. The van der Waals surface area contributed by atoms with E-state index < -0.39 is 5.92 Å². The van der Waals surface area contributed by atoms with Crippen molar-refractivity contribution in [3.8, 4) is 6.07 Å². The predicted octanol–water partition coefficient (Wildman–Crippen LogP) is 8.33. The van der Waals surface area contributed by atoms with Gasteiger partial charge in [0.05, 0.1) is 17.6 Å². The Hall–Kier alpha value is -3.53. The highest BCUT2D eigenvalue weighted by molar-refractivity contribution is 7.98. The summed E-state index contributed by atoms with van der Waals surface area (Å²) in [6.07, 6.45) is 1.04. The quantitative estimate of drug-likeness (QED) is 0.312. The molecule has 1 heterocycles. The first-order chi connectivity index (χ1) is 19.0. The van der Waals surface area contributed by atoms with Gasteiger partial charge in [-0.25, -0.2) is 4.39 Å². The Balaban J connectivity index is 1.65. The van der Waals surface area contributed by atoms with Gasteiger partial charge in [0.1, 0.15) is 11.6 Å². The number of anilines is 1. The molecule has 2 aliphatic rings.